The molecule has 19 heavy (non-hydrogen) atoms. The Morgan fingerprint density at radius 2 is 1.89 bits per heavy atom. The van der Waals surface area contributed by atoms with Crippen molar-refractivity contribution in [3.63, 3.8) is 0 Å². The van der Waals surface area contributed by atoms with Gasteiger partial charge in [-0.05, 0) is 52.3 Å². The van der Waals surface area contributed by atoms with Gasteiger partial charge in [0.05, 0.1) is 16.3 Å². The Labute approximate surface area is 128 Å². The zero-order valence-electron chi connectivity index (χ0n) is 9.45. The van der Waals surface area contributed by atoms with Crippen molar-refractivity contribution in [3.8, 4) is 5.75 Å². The first-order valence-corrected chi connectivity index (χ1v) is 6.77. The zero-order valence-corrected chi connectivity index (χ0v) is 12.6. The maximum Gasteiger partial charge on any atom is 0.257 e. The third kappa shape index (κ3) is 3.41. The van der Waals surface area contributed by atoms with Crippen LogP contribution in [-0.4, -0.2) is 11.0 Å². The van der Waals surface area contributed by atoms with Gasteiger partial charge in [0.15, 0.2) is 0 Å². The van der Waals surface area contributed by atoms with Crippen LogP contribution in [0.15, 0.2) is 40.9 Å². The van der Waals surface area contributed by atoms with Gasteiger partial charge in [0.2, 0.25) is 0 Å². The fourth-order valence-corrected chi connectivity index (χ4v) is 2.45. The molecule has 3 nitrogen and oxygen atoms in total. The summed E-state index contributed by atoms with van der Waals surface area (Å²) in [5, 5.41) is 12.9. The van der Waals surface area contributed by atoms with Gasteiger partial charge in [0.25, 0.3) is 5.91 Å². The monoisotopic (exact) mass is 359 g/mol. The molecule has 6 heteroatoms. The van der Waals surface area contributed by atoms with Crippen LogP contribution in [0, 0.1) is 0 Å². The molecule has 0 aliphatic heterocycles. The Balaban J connectivity index is 2.28. The highest BCUT2D eigenvalue weighted by Gasteiger charge is 2.13. The van der Waals surface area contributed by atoms with Crippen molar-refractivity contribution in [1.82, 2.24) is 0 Å². The van der Waals surface area contributed by atoms with E-state index in [2.05, 4.69) is 21.2 Å². The summed E-state index contributed by atoms with van der Waals surface area (Å²) in [6, 6.07) is 9.18. The number of carbonyl (C=O) groups excluding carboxylic acids is 1. The predicted molar refractivity (Wildman–Crippen MR) is 80.2 cm³/mol. The summed E-state index contributed by atoms with van der Waals surface area (Å²) in [6.07, 6.45) is 0. The minimum absolute atomic E-state index is 0.0234. The molecular formula is C13H8BrCl2NO2. The van der Waals surface area contributed by atoms with E-state index in [1.165, 1.54) is 18.2 Å². The van der Waals surface area contributed by atoms with Crippen molar-refractivity contribution >= 4 is 50.7 Å². The summed E-state index contributed by atoms with van der Waals surface area (Å²) in [6.45, 7) is 0. The van der Waals surface area contributed by atoms with Gasteiger partial charge in [0.1, 0.15) is 5.75 Å². The lowest BCUT2D eigenvalue weighted by atomic mass is 10.2. The van der Waals surface area contributed by atoms with Crippen LogP contribution in [-0.2, 0) is 0 Å². The lowest BCUT2D eigenvalue weighted by Crippen LogP contribution is -2.12. The lowest BCUT2D eigenvalue weighted by molar-refractivity contribution is 0.102. The predicted octanol–water partition coefficient (Wildman–Crippen LogP) is 4.71. The first-order chi connectivity index (χ1) is 8.97. The Hall–Kier alpha value is -1.23. The number of phenols is 1. The number of amides is 1. The van der Waals surface area contributed by atoms with Crippen molar-refractivity contribution in [1.29, 1.82) is 0 Å². The molecule has 0 aromatic heterocycles. The molecule has 2 N–H and O–H groups in total. The maximum absolute atomic E-state index is 12.1. The summed E-state index contributed by atoms with van der Waals surface area (Å²) in [7, 11) is 0. The van der Waals surface area contributed by atoms with Gasteiger partial charge in [-0.25, -0.2) is 0 Å². The molecule has 98 valence electrons. The van der Waals surface area contributed by atoms with Gasteiger partial charge in [-0.3, -0.25) is 4.79 Å². The molecular weight excluding hydrogens is 353 g/mol. The number of halogens is 3. The average molecular weight is 361 g/mol. The molecule has 1 amide bonds. The molecule has 0 atom stereocenters. The Kier molecular flexibility index (Phi) is 4.34. The number of rotatable bonds is 2. The highest BCUT2D eigenvalue weighted by atomic mass is 79.9. The molecule has 0 radical (unpaired) electrons. The van der Waals surface area contributed by atoms with E-state index in [-0.39, 0.29) is 16.3 Å². The average Bonchev–Trinajstić information content (AvgIpc) is 2.35. The van der Waals surface area contributed by atoms with E-state index in [0.29, 0.717) is 15.2 Å². The Bertz CT molecular complexity index is 647. The van der Waals surface area contributed by atoms with E-state index in [1.807, 2.05) is 0 Å². The first kappa shape index (κ1) is 14.2. The molecule has 2 aromatic rings. The summed E-state index contributed by atoms with van der Waals surface area (Å²) < 4.78 is 0.657. The maximum atomic E-state index is 12.1. The van der Waals surface area contributed by atoms with Crippen LogP contribution in [0.1, 0.15) is 10.4 Å². The number of nitrogens with one attached hydrogen (secondary N) is 1. The van der Waals surface area contributed by atoms with Crippen LogP contribution in [0.5, 0.6) is 5.75 Å². The van der Waals surface area contributed by atoms with Crippen molar-refractivity contribution in [2.45, 2.75) is 0 Å². The topological polar surface area (TPSA) is 49.3 Å². The second kappa shape index (κ2) is 5.82. The van der Waals surface area contributed by atoms with Crippen LogP contribution in [0.4, 0.5) is 5.69 Å². The minimum atomic E-state index is -0.413. The van der Waals surface area contributed by atoms with Gasteiger partial charge in [-0.15, -0.1) is 0 Å². The number of phenolic OH excluding ortho intramolecular Hbond substituents is 1. The van der Waals surface area contributed by atoms with Crippen LogP contribution < -0.4 is 5.32 Å². The van der Waals surface area contributed by atoms with Crippen LogP contribution in [0.3, 0.4) is 0 Å². The van der Waals surface area contributed by atoms with E-state index in [1.54, 1.807) is 18.2 Å². The second-order valence-corrected chi connectivity index (χ2v) is 5.44. The molecule has 0 saturated carbocycles. The van der Waals surface area contributed by atoms with Gasteiger partial charge in [0, 0.05) is 9.50 Å². The van der Waals surface area contributed by atoms with Gasteiger partial charge < -0.3 is 10.4 Å². The number of aromatic hydroxyl groups is 1. The van der Waals surface area contributed by atoms with Gasteiger partial charge in [-0.2, -0.15) is 0 Å². The lowest BCUT2D eigenvalue weighted by Gasteiger charge is -2.09. The highest BCUT2D eigenvalue weighted by Crippen LogP contribution is 2.28. The standard InChI is InChI=1S/C13H8BrCl2NO2/c14-10-5-7(15)1-4-12(10)17-13(19)9-6-8(18)2-3-11(9)16/h1-6,18H,(H,17,19). The summed E-state index contributed by atoms with van der Waals surface area (Å²) >= 11 is 15.0. The molecule has 0 fully saturated rings. The van der Waals surface area contributed by atoms with Crippen LogP contribution in [0.25, 0.3) is 0 Å². The highest BCUT2D eigenvalue weighted by molar-refractivity contribution is 9.10. The van der Waals surface area contributed by atoms with Crippen molar-refractivity contribution in [2.24, 2.45) is 0 Å². The van der Waals surface area contributed by atoms with Crippen molar-refractivity contribution < 1.29 is 9.90 Å². The zero-order chi connectivity index (χ0) is 14.0. The smallest absolute Gasteiger partial charge is 0.257 e. The number of benzene rings is 2. The SMILES string of the molecule is O=C(Nc1ccc(Cl)cc1Br)c1cc(O)ccc1Cl. The first-order valence-electron chi connectivity index (χ1n) is 5.22. The van der Waals surface area contributed by atoms with E-state index in [4.69, 9.17) is 23.2 Å². The third-order valence-corrected chi connectivity index (χ3v) is 3.59. The minimum Gasteiger partial charge on any atom is -0.508 e. The van der Waals surface area contributed by atoms with E-state index in [0.717, 1.165) is 0 Å². The number of hydrogen-bond acceptors (Lipinski definition) is 2. The van der Waals surface area contributed by atoms with Crippen LogP contribution in [0.2, 0.25) is 10.0 Å². The number of anilines is 1. The summed E-state index contributed by atoms with van der Waals surface area (Å²) in [4.78, 5) is 12.1. The molecule has 0 spiro atoms. The normalized spacial score (nSPS) is 10.3. The molecule has 0 aliphatic carbocycles. The second-order valence-electron chi connectivity index (χ2n) is 3.74. The fraction of sp³-hybridized carbons (Fsp3) is 0. The van der Waals surface area contributed by atoms with Gasteiger partial charge >= 0.3 is 0 Å². The van der Waals surface area contributed by atoms with E-state index < -0.39 is 5.91 Å². The Morgan fingerprint density at radius 1 is 1.16 bits per heavy atom. The summed E-state index contributed by atoms with van der Waals surface area (Å²) in [5.74, 6) is -0.436. The van der Waals surface area contributed by atoms with E-state index in [9.17, 15) is 9.90 Å². The molecule has 0 heterocycles. The van der Waals surface area contributed by atoms with Crippen molar-refractivity contribution in [2.75, 3.05) is 5.32 Å². The van der Waals surface area contributed by atoms with Crippen LogP contribution >= 0.6 is 39.1 Å². The quantitative estimate of drug-likeness (QED) is 0.814. The van der Waals surface area contributed by atoms with Gasteiger partial charge in [-0.1, -0.05) is 23.2 Å². The molecule has 0 unspecified atom stereocenters. The Morgan fingerprint density at radius 3 is 2.58 bits per heavy atom. The molecule has 0 saturated heterocycles. The van der Waals surface area contributed by atoms with Crippen molar-refractivity contribution in [3.05, 3.63) is 56.5 Å². The summed E-state index contributed by atoms with van der Waals surface area (Å²) in [5.41, 5.74) is 0.761. The third-order valence-electron chi connectivity index (χ3n) is 2.37. The largest absolute Gasteiger partial charge is 0.508 e. The number of hydrogen-bond donors (Lipinski definition) is 2. The molecule has 2 aromatic carbocycles. The van der Waals surface area contributed by atoms with E-state index >= 15 is 0 Å². The molecule has 2 rings (SSSR count). The number of carbonyl (C=O) groups is 1. The molecule has 0 aliphatic rings. The molecule has 0 bridgehead atoms. The fourth-order valence-electron chi connectivity index (χ4n) is 1.47.